The van der Waals surface area contributed by atoms with E-state index in [1.165, 1.54) is 0 Å². The van der Waals surface area contributed by atoms with E-state index in [0.29, 0.717) is 6.61 Å². The molecular weight excluding hydrogens is 284 g/mol. The zero-order valence-corrected chi connectivity index (χ0v) is 12.0. The number of halogens is 1. The van der Waals surface area contributed by atoms with Crippen molar-refractivity contribution in [2.75, 3.05) is 26.9 Å². The van der Waals surface area contributed by atoms with Gasteiger partial charge in [-0.3, -0.25) is 0 Å². The van der Waals surface area contributed by atoms with Gasteiger partial charge in [-0.05, 0) is 25.1 Å². The van der Waals surface area contributed by atoms with Crippen molar-refractivity contribution in [1.29, 1.82) is 0 Å². The van der Waals surface area contributed by atoms with Crippen LogP contribution in [-0.4, -0.2) is 26.9 Å². The van der Waals surface area contributed by atoms with E-state index < -0.39 is 0 Å². The molecule has 0 amide bonds. The van der Waals surface area contributed by atoms with Crippen molar-refractivity contribution >= 4 is 15.9 Å². The first-order valence-corrected chi connectivity index (χ1v) is 6.87. The minimum atomic E-state index is 0.673. The normalized spacial score (nSPS) is 10.3. The van der Waals surface area contributed by atoms with Crippen LogP contribution in [0.5, 0.6) is 11.5 Å². The molecule has 0 aliphatic heterocycles. The van der Waals surface area contributed by atoms with E-state index in [9.17, 15) is 0 Å². The van der Waals surface area contributed by atoms with E-state index in [0.717, 1.165) is 42.0 Å². The maximum atomic E-state index is 5.71. The Labute approximate surface area is 111 Å². The quantitative estimate of drug-likeness (QED) is 0.544. The topological polar surface area (TPSA) is 27.7 Å². The van der Waals surface area contributed by atoms with Crippen LogP contribution in [-0.2, 0) is 10.1 Å². The van der Waals surface area contributed by atoms with Crippen molar-refractivity contribution in [3.8, 4) is 11.5 Å². The Morgan fingerprint density at radius 3 is 2.71 bits per heavy atom. The number of methoxy groups -OCH3 is 1. The monoisotopic (exact) mass is 302 g/mol. The summed E-state index contributed by atoms with van der Waals surface area (Å²) < 4.78 is 16.1. The SMILES string of the molecule is CCOCCCOc1ccc(OC)cc1CBr. The lowest BCUT2D eigenvalue weighted by Gasteiger charge is -2.11. The lowest BCUT2D eigenvalue weighted by Crippen LogP contribution is -2.04. The minimum absolute atomic E-state index is 0.673. The number of ether oxygens (including phenoxy) is 3. The van der Waals surface area contributed by atoms with Gasteiger partial charge in [0.2, 0.25) is 0 Å². The minimum Gasteiger partial charge on any atom is -0.497 e. The van der Waals surface area contributed by atoms with Crippen molar-refractivity contribution in [3.05, 3.63) is 23.8 Å². The van der Waals surface area contributed by atoms with Crippen molar-refractivity contribution in [3.63, 3.8) is 0 Å². The van der Waals surface area contributed by atoms with Crippen LogP contribution in [0.3, 0.4) is 0 Å². The van der Waals surface area contributed by atoms with Gasteiger partial charge in [-0.15, -0.1) is 0 Å². The molecule has 0 N–H and O–H groups in total. The molecular formula is C13H19BrO3. The Hall–Kier alpha value is -0.740. The standard InChI is InChI=1S/C13H19BrO3/c1-3-16-7-4-8-17-13-6-5-12(15-2)9-11(13)10-14/h5-6,9H,3-4,7-8,10H2,1-2H3. The van der Waals surface area contributed by atoms with Crippen LogP contribution in [0.2, 0.25) is 0 Å². The zero-order chi connectivity index (χ0) is 12.5. The molecule has 96 valence electrons. The van der Waals surface area contributed by atoms with Gasteiger partial charge in [0.05, 0.1) is 13.7 Å². The highest BCUT2D eigenvalue weighted by Crippen LogP contribution is 2.26. The van der Waals surface area contributed by atoms with Crippen LogP contribution < -0.4 is 9.47 Å². The second-order valence-corrected chi connectivity index (χ2v) is 4.07. The highest BCUT2D eigenvalue weighted by Gasteiger charge is 2.04. The fraction of sp³-hybridized carbons (Fsp3) is 0.538. The first kappa shape index (κ1) is 14.3. The van der Waals surface area contributed by atoms with Gasteiger partial charge in [-0.1, -0.05) is 15.9 Å². The van der Waals surface area contributed by atoms with Crippen LogP contribution in [0.15, 0.2) is 18.2 Å². The van der Waals surface area contributed by atoms with Gasteiger partial charge in [0.15, 0.2) is 0 Å². The van der Waals surface area contributed by atoms with Gasteiger partial charge >= 0.3 is 0 Å². The summed E-state index contributed by atoms with van der Waals surface area (Å²) in [6, 6.07) is 5.83. The third-order valence-electron chi connectivity index (χ3n) is 2.31. The lowest BCUT2D eigenvalue weighted by atomic mass is 10.2. The summed E-state index contributed by atoms with van der Waals surface area (Å²) in [7, 11) is 1.66. The van der Waals surface area contributed by atoms with Gasteiger partial charge in [-0.25, -0.2) is 0 Å². The number of alkyl halides is 1. The molecule has 1 aromatic carbocycles. The van der Waals surface area contributed by atoms with E-state index in [1.807, 2.05) is 25.1 Å². The predicted molar refractivity (Wildman–Crippen MR) is 72.2 cm³/mol. The maximum absolute atomic E-state index is 5.71. The molecule has 0 bridgehead atoms. The number of hydrogen-bond acceptors (Lipinski definition) is 3. The van der Waals surface area contributed by atoms with Crippen LogP contribution in [0.25, 0.3) is 0 Å². The lowest BCUT2D eigenvalue weighted by molar-refractivity contribution is 0.130. The largest absolute Gasteiger partial charge is 0.497 e. The highest BCUT2D eigenvalue weighted by molar-refractivity contribution is 9.08. The molecule has 0 atom stereocenters. The van der Waals surface area contributed by atoms with E-state index in [4.69, 9.17) is 14.2 Å². The summed E-state index contributed by atoms with van der Waals surface area (Å²) in [5.41, 5.74) is 1.10. The molecule has 0 radical (unpaired) electrons. The average molecular weight is 303 g/mol. The molecule has 0 aromatic heterocycles. The highest BCUT2D eigenvalue weighted by atomic mass is 79.9. The van der Waals surface area contributed by atoms with Crippen LogP contribution in [0.4, 0.5) is 0 Å². The Bertz CT molecular complexity index is 328. The maximum Gasteiger partial charge on any atom is 0.123 e. The number of hydrogen-bond donors (Lipinski definition) is 0. The summed E-state index contributed by atoms with van der Waals surface area (Å²) in [6.45, 7) is 4.17. The molecule has 0 saturated heterocycles. The summed E-state index contributed by atoms with van der Waals surface area (Å²) in [6.07, 6.45) is 0.904. The number of rotatable bonds is 8. The molecule has 3 nitrogen and oxygen atoms in total. The van der Waals surface area contributed by atoms with Crippen molar-refractivity contribution < 1.29 is 14.2 Å². The van der Waals surface area contributed by atoms with E-state index >= 15 is 0 Å². The fourth-order valence-corrected chi connectivity index (χ4v) is 1.85. The van der Waals surface area contributed by atoms with Gasteiger partial charge in [0, 0.05) is 30.5 Å². The Morgan fingerprint density at radius 2 is 2.06 bits per heavy atom. The van der Waals surface area contributed by atoms with Crippen LogP contribution >= 0.6 is 15.9 Å². The first-order chi connectivity index (χ1) is 8.31. The van der Waals surface area contributed by atoms with Crippen LogP contribution in [0.1, 0.15) is 18.9 Å². The second kappa shape index (κ2) is 8.37. The van der Waals surface area contributed by atoms with E-state index in [1.54, 1.807) is 7.11 Å². The van der Waals surface area contributed by atoms with E-state index in [-0.39, 0.29) is 0 Å². The number of benzene rings is 1. The second-order valence-electron chi connectivity index (χ2n) is 3.51. The smallest absolute Gasteiger partial charge is 0.123 e. The average Bonchev–Trinajstić information content (AvgIpc) is 2.38. The van der Waals surface area contributed by atoms with Gasteiger partial charge in [0.1, 0.15) is 11.5 Å². The molecule has 17 heavy (non-hydrogen) atoms. The Balaban J connectivity index is 2.46. The summed E-state index contributed by atoms with van der Waals surface area (Å²) in [5.74, 6) is 1.75. The first-order valence-electron chi connectivity index (χ1n) is 5.75. The third-order valence-corrected chi connectivity index (χ3v) is 2.91. The molecule has 0 spiro atoms. The van der Waals surface area contributed by atoms with Crippen molar-refractivity contribution in [1.82, 2.24) is 0 Å². The van der Waals surface area contributed by atoms with Crippen molar-refractivity contribution in [2.24, 2.45) is 0 Å². The fourth-order valence-electron chi connectivity index (χ4n) is 1.42. The molecule has 0 aliphatic rings. The van der Waals surface area contributed by atoms with Crippen LogP contribution in [0, 0.1) is 0 Å². The molecule has 0 unspecified atom stereocenters. The predicted octanol–water partition coefficient (Wildman–Crippen LogP) is 3.40. The van der Waals surface area contributed by atoms with Gasteiger partial charge < -0.3 is 14.2 Å². The van der Waals surface area contributed by atoms with E-state index in [2.05, 4.69) is 15.9 Å². The summed E-state index contributed by atoms with van der Waals surface area (Å²) in [5, 5.41) is 0.755. The van der Waals surface area contributed by atoms with Gasteiger partial charge in [-0.2, -0.15) is 0 Å². The molecule has 0 aliphatic carbocycles. The Kier molecular flexibility index (Phi) is 7.05. The summed E-state index contributed by atoms with van der Waals surface area (Å²) in [4.78, 5) is 0. The zero-order valence-electron chi connectivity index (χ0n) is 10.4. The summed E-state index contributed by atoms with van der Waals surface area (Å²) >= 11 is 3.45. The molecule has 0 saturated carbocycles. The molecule has 1 aromatic rings. The molecule has 4 heteroatoms. The molecule has 1 rings (SSSR count). The molecule has 0 fully saturated rings. The third kappa shape index (κ3) is 4.96. The Morgan fingerprint density at radius 1 is 1.24 bits per heavy atom. The molecule has 0 heterocycles. The van der Waals surface area contributed by atoms with Crippen molar-refractivity contribution in [2.45, 2.75) is 18.7 Å². The van der Waals surface area contributed by atoms with Gasteiger partial charge in [0.25, 0.3) is 0 Å².